The molecule has 178 valence electrons. The van der Waals surface area contributed by atoms with Gasteiger partial charge in [-0.3, -0.25) is 0 Å². The lowest BCUT2D eigenvalue weighted by molar-refractivity contribution is -0.141. The summed E-state index contributed by atoms with van der Waals surface area (Å²) in [5.41, 5.74) is 2.09. The molecule has 0 amide bonds. The zero-order valence-electron chi connectivity index (χ0n) is 19.5. The first kappa shape index (κ1) is 26.7. The first-order chi connectivity index (χ1) is 15.7. The Morgan fingerprint density at radius 2 is 1.79 bits per heavy atom. The van der Waals surface area contributed by atoms with E-state index in [0.717, 1.165) is 41.5 Å². The molecule has 1 heterocycles. The number of hydrogen-bond donors (Lipinski definition) is 0. The minimum absolute atomic E-state index is 0.449. The highest BCUT2D eigenvalue weighted by Gasteiger charge is 2.35. The fourth-order valence-corrected chi connectivity index (χ4v) is 3.97. The first-order valence-electron chi connectivity index (χ1n) is 11.0. The molecular weight excluding hydrogens is 443 g/mol. The maximum Gasteiger partial charge on any atom is 0.435 e. The average Bonchev–Trinajstić information content (AvgIpc) is 3.24. The van der Waals surface area contributed by atoms with E-state index in [1.165, 1.54) is 4.68 Å². The molecule has 1 aromatic heterocycles. The van der Waals surface area contributed by atoms with Crippen LogP contribution in [0.3, 0.4) is 0 Å². The molecule has 0 fully saturated rings. The van der Waals surface area contributed by atoms with Crippen molar-refractivity contribution in [1.29, 1.82) is 0 Å². The Bertz CT molecular complexity index is 985. The number of rotatable bonds is 12. The number of nitrogens with zero attached hydrogens (tertiary/aromatic N) is 3. The van der Waals surface area contributed by atoms with Crippen LogP contribution in [0.1, 0.15) is 51.4 Å². The largest absolute Gasteiger partial charge is 0.435 e. The van der Waals surface area contributed by atoms with E-state index in [4.69, 9.17) is 0 Å². The summed E-state index contributed by atoms with van der Waals surface area (Å²) in [6, 6.07) is 8.55. The van der Waals surface area contributed by atoms with Gasteiger partial charge in [0.1, 0.15) is 0 Å². The van der Waals surface area contributed by atoms with Gasteiger partial charge in [-0.25, -0.2) is 8.99 Å². The highest BCUT2D eigenvalue weighted by molar-refractivity contribution is 7.97. The SMILES string of the molecule is C=CCCN(CC=C)Sc1ccc(-n2nc(C(F)(F)F)cc2/C(=C/C=C(/C)CC)CC)cc1. The highest BCUT2D eigenvalue weighted by Crippen LogP contribution is 2.33. The third-order valence-electron chi connectivity index (χ3n) is 5.07. The van der Waals surface area contributed by atoms with Crippen molar-refractivity contribution in [1.82, 2.24) is 14.1 Å². The van der Waals surface area contributed by atoms with Crippen LogP contribution in [0.5, 0.6) is 0 Å². The van der Waals surface area contributed by atoms with Crippen molar-refractivity contribution in [2.75, 3.05) is 13.1 Å². The molecule has 0 N–H and O–H groups in total. The summed E-state index contributed by atoms with van der Waals surface area (Å²) < 4.78 is 44.0. The molecule has 0 bridgehead atoms. The second-order valence-electron chi connectivity index (χ2n) is 7.58. The molecule has 3 nitrogen and oxygen atoms in total. The average molecular weight is 476 g/mol. The standard InChI is InChI=1S/C26H32F3N3S/c1-6-10-18-31(17-7-2)33-23-15-13-22(14-16-23)32-24(19-25(30-32)26(27,28)29)21(9-4)12-11-20(5)8-3/h6-7,11-16,19H,1-2,8-10,17-18H2,3-5H3/b20-11-,21-12+. The second-order valence-corrected chi connectivity index (χ2v) is 8.75. The summed E-state index contributed by atoms with van der Waals surface area (Å²) >= 11 is 1.58. The molecule has 2 aromatic rings. The van der Waals surface area contributed by atoms with E-state index in [-0.39, 0.29) is 0 Å². The third-order valence-corrected chi connectivity index (χ3v) is 6.14. The van der Waals surface area contributed by atoms with Crippen LogP contribution in [-0.4, -0.2) is 27.2 Å². The van der Waals surface area contributed by atoms with Gasteiger partial charge in [0.15, 0.2) is 5.69 Å². The Kier molecular flexibility index (Phi) is 10.3. The zero-order valence-corrected chi connectivity index (χ0v) is 20.3. The van der Waals surface area contributed by atoms with E-state index in [0.29, 0.717) is 24.3 Å². The summed E-state index contributed by atoms with van der Waals surface area (Å²) in [5.74, 6) is 0. The molecule has 7 heteroatoms. The van der Waals surface area contributed by atoms with Gasteiger partial charge in [-0.15, -0.1) is 13.2 Å². The number of benzene rings is 1. The van der Waals surface area contributed by atoms with E-state index in [1.54, 1.807) is 24.1 Å². The van der Waals surface area contributed by atoms with Crippen LogP contribution in [0.2, 0.25) is 0 Å². The lowest BCUT2D eigenvalue weighted by Gasteiger charge is -2.18. The van der Waals surface area contributed by atoms with Crippen LogP contribution in [0.4, 0.5) is 13.2 Å². The molecule has 33 heavy (non-hydrogen) atoms. The van der Waals surface area contributed by atoms with Gasteiger partial charge >= 0.3 is 6.18 Å². The molecule has 0 unspecified atom stereocenters. The summed E-state index contributed by atoms with van der Waals surface area (Å²) in [6.45, 7) is 15.1. The van der Waals surface area contributed by atoms with Crippen LogP contribution in [0.15, 0.2) is 78.3 Å². The van der Waals surface area contributed by atoms with Gasteiger partial charge in [-0.1, -0.05) is 43.7 Å². The molecule has 0 atom stereocenters. The molecule has 0 saturated heterocycles. The van der Waals surface area contributed by atoms with Gasteiger partial charge < -0.3 is 0 Å². The van der Waals surface area contributed by atoms with Crippen molar-refractivity contribution in [2.45, 2.75) is 51.1 Å². The first-order valence-corrected chi connectivity index (χ1v) is 11.8. The van der Waals surface area contributed by atoms with E-state index in [2.05, 4.69) is 22.6 Å². The fraction of sp³-hybridized carbons (Fsp3) is 0.346. The normalized spacial score (nSPS) is 12.9. The Balaban J connectivity index is 2.43. The smallest absolute Gasteiger partial charge is 0.242 e. The predicted molar refractivity (Wildman–Crippen MR) is 133 cm³/mol. The highest BCUT2D eigenvalue weighted by atomic mass is 32.2. The fourth-order valence-electron chi connectivity index (χ4n) is 3.04. The van der Waals surface area contributed by atoms with E-state index < -0.39 is 11.9 Å². The number of alkyl halides is 3. The minimum atomic E-state index is -4.51. The van der Waals surface area contributed by atoms with Crippen LogP contribution in [0.25, 0.3) is 11.3 Å². The monoisotopic (exact) mass is 475 g/mol. The summed E-state index contributed by atoms with van der Waals surface area (Å²) in [6.07, 6.45) is 5.37. The van der Waals surface area contributed by atoms with Crippen molar-refractivity contribution in [3.63, 3.8) is 0 Å². The van der Waals surface area contributed by atoms with Crippen LogP contribution < -0.4 is 0 Å². The maximum absolute atomic E-state index is 13.5. The maximum atomic E-state index is 13.5. The Hall–Kier alpha value is -2.51. The Morgan fingerprint density at radius 1 is 1.09 bits per heavy atom. The third kappa shape index (κ3) is 7.79. The van der Waals surface area contributed by atoms with Crippen molar-refractivity contribution in [2.24, 2.45) is 0 Å². The van der Waals surface area contributed by atoms with E-state index in [1.807, 2.05) is 57.2 Å². The number of hydrogen-bond acceptors (Lipinski definition) is 3. The molecule has 0 saturated carbocycles. The van der Waals surface area contributed by atoms with Crippen LogP contribution >= 0.6 is 11.9 Å². The predicted octanol–water partition coefficient (Wildman–Crippen LogP) is 8.11. The van der Waals surface area contributed by atoms with Crippen LogP contribution in [0, 0.1) is 0 Å². The molecule has 1 aromatic carbocycles. The van der Waals surface area contributed by atoms with Gasteiger partial charge in [0, 0.05) is 18.0 Å². The zero-order chi connectivity index (χ0) is 24.4. The second kappa shape index (κ2) is 12.7. The van der Waals surface area contributed by atoms with Crippen LogP contribution in [-0.2, 0) is 6.18 Å². The topological polar surface area (TPSA) is 21.1 Å². The van der Waals surface area contributed by atoms with Gasteiger partial charge in [-0.05, 0) is 74.0 Å². The molecule has 0 aliphatic heterocycles. The lowest BCUT2D eigenvalue weighted by Crippen LogP contribution is -2.16. The van der Waals surface area contributed by atoms with Gasteiger partial charge in [0.2, 0.25) is 0 Å². The molecule has 0 radical (unpaired) electrons. The summed E-state index contributed by atoms with van der Waals surface area (Å²) in [5, 5.41) is 3.92. The van der Waals surface area contributed by atoms with Gasteiger partial charge in [0.05, 0.1) is 11.4 Å². The van der Waals surface area contributed by atoms with Crippen molar-refractivity contribution >= 4 is 17.5 Å². The van der Waals surface area contributed by atoms with E-state index >= 15 is 0 Å². The minimum Gasteiger partial charge on any atom is -0.242 e. The van der Waals surface area contributed by atoms with Crippen molar-refractivity contribution in [3.8, 4) is 5.69 Å². The lowest BCUT2D eigenvalue weighted by atomic mass is 10.1. The van der Waals surface area contributed by atoms with Crippen molar-refractivity contribution < 1.29 is 13.2 Å². The number of allylic oxidation sites excluding steroid dienone is 4. The van der Waals surface area contributed by atoms with Crippen molar-refractivity contribution in [3.05, 3.63) is 84.8 Å². The molecule has 0 spiro atoms. The summed E-state index contributed by atoms with van der Waals surface area (Å²) in [7, 11) is 0. The van der Waals surface area contributed by atoms with Gasteiger partial charge in [0.25, 0.3) is 0 Å². The molecule has 0 aliphatic carbocycles. The summed E-state index contributed by atoms with van der Waals surface area (Å²) in [4.78, 5) is 0.988. The Labute approximate surface area is 199 Å². The quantitative estimate of drug-likeness (QED) is 0.176. The van der Waals surface area contributed by atoms with E-state index in [9.17, 15) is 13.2 Å². The Morgan fingerprint density at radius 3 is 2.33 bits per heavy atom. The number of halogens is 3. The molecule has 2 rings (SSSR count). The number of aromatic nitrogens is 2. The molecular formula is C26H32F3N3S. The molecule has 0 aliphatic rings. The van der Waals surface area contributed by atoms with Gasteiger partial charge in [-0.2, -0.15) is 18.3 Å².